The Kier molecular flexibility index (Phi) is 8.37. The highest BCUT2D eigenvalue weighted by molar-refractivity contribution is 7.98. The number of aryl methyl sites for hydroxylation is 1. The number of nitrogens with zero attached hydrogens (tertiary/aromatic N) is 4. The van der Waals surface area contributed by atoms with Crippen LogP contribution in [0.1, 0.15) is 23.9 Å². The second kappa shape index (κ2) is 12.0. The molecule has 0 radical (unpaired) electrons. The number of urea groups is 1. The topological polar surface area (TPSA) is 124 Å². The van der Waals surface area contributed by atoms with Crippen LogP contribution in [0.2, 0.25) is 0 Å². The van der Waals surface area contributed by atoms with E-state index in [4.69, 9.17) is 4.74 Å². The van der Waals surface area contributed by atoms with Crippen molar-refractivity contribution in [3.8, 4) is 11.4 Å². The first-order valence-electron chi connectivity index (χ1n) is 11.6. The van der Waals surface area contributed by atoms with Gasteiger partial charge in [0.25, 0.3) is 5.69 Å². The summed E-state index contributed by atoms with van der Waals surface area (Å²) in [5.41, 5.74) is 3.56. The fourth-order valence-electron chi connectivity index (χ4n) is 3.58. The number of nitro benzene ring substituents is 1. The molecule has 0 spiro atoms. The minimum atomic E-state index is -0.447. The molecule has 190 valence electrons. The number of aromatic nitrogens is 3. The lowest BCUT2D eigenvalue weighted by atomic mass is 10.2. The molecule has 0 aliphatic carbocycles. The molecular formula is C26H26N6O4S. The molecule has 0 aliphatic rings. The number of nitrogens with one attached hydrogen (secondary N) is 2. The van der Waals surface area contributed by atoms with E-state index in [0.717, 1.165) is 11.3 Å². The summed E-state index contributed by atoms with van der Waals surface area (Å²) in [6.45, 7) is 4.60. The van der Waals surface area contributed by atoms with Gasteiger partial charge in [-0.3, -0.25) is 14.7 Å². The maximum absolute atomic E-state index is 12.5. The summed E-state index contributed by atoms with van der Waals surface area (Å²) >= 11 is 1.49. The fourth-order valence-corrected chi connectivity index (χ4v) is 4.49. The zero-order chi connectivity index (χ0) is 26.2. The van der Waals surface area contributed by atoms with Crippen molar-refractivity contribution in [2.45, 2.75) is 31.3 Å². The van der Waals surface area contributed by atoms with E-state index in [-0.39, 0.29) is 12.2 Å². The summed E-state index contributed by atoms with van der Waals surface area (Å²) in [6, 6.07) is 21.0. The molecule has 4 aromatic rings. The lowest BCUT2D eigenvalue weighted by Gasteiger charge is -2.12. The standard InChI is InChI=1S/C26H26N6O4S/c1-3-36-23-13-7-20(8-14-23)28-25(33)27-16-24-29-30-26(37-17-19-6-4-5-18(2)15-19)31(24)21-9-11-22(12-10-21)32(34)35/h4-15H,3,16-17H2,1-2H3,(H2,27,28,33). The van der Waals surface area contributed by atoms with Crippen molar-refractivity contribution in [3.05, 3.63) is 99.9 Å². The number of non-ortho nitro benzene ring substituents is 1. The van der Waals surface area contributed by atoms with Crippen LogP contribution in [-0.4, -0.2) is 32.3 Å². The Morgan fingerprint density at radius 3 is 2.51 bits per heavy atom. The number of carbonyl (C=O) groups is 1. The number of nitro groups is 1. The van der Waals surface area contributed by atoms with Crippen LogP contribution in [0.15, 0.2) is 78.0 Å². The third-order valence-electron chi connectivity index (χ3n) is 5.30. The molecule has 0 saturated heterocycles. The average molecular weight is 519 g/mol. The van der Waals surface area contributed by atoms with E-state index in [1.807, 2.05) is 32.0 Å². The fraction of sp³-hybridized carbons (Fsp3) is 0.192. The molecule has 4 rings (SSSR count). The summed E-state index contributed by atoms with van der Waals surface area (Å²) in [5.74, 6) is 1.88. The Labute approximate surface area is 218 Å². The quantitative estimate of drug-likeness (QED) is 0.161. The predicted octanol–water partition coefficient (Wildman–Crippen LogP) is 5.50. The second-order valence-corrected chi connectivity index (χ2v) is 8.99. The van der Waals surface area contributed by atoms with Crippen molar-refractivity contribution in [1.29, 1.82) is 0 Å². The second-order valence-electron chi connectivity index (χ2n) is 8.05. The molecule has 0 saturated carbocycles. The lowest BCUT2D eigenvalue weighted by Crippen LogP contribution is -2.29. The van der Waals surface area contributed by atoms with Gasteiger partial charge in [-0.1, -0.05) is 41.6 Å². The number of hydrogen-bond donors (Lipinski definition) is 2. The Bertz CT molecular complexity index is 1370. The van der Waals surface area contributed by atoms with Gasteiger partial charge in [-0.05, 0) is 55.8 Å². The number of rotatable bonds is 10. The molecule has 0 aliphatic heterocycles. The van der Waals surface area contributed by atoms with Gasteiger partial charge in [0.1, 0.15) is 5.75 Å². The minimum Gasteiger partial charge on any atom is -0.494 e. The SMILES string of the molecule is CCOc1ccc(NC(=O)NCc2nnc(SCc3cccc(C)c3)n2-c2ccc([N+](=O)[O-])cc2)cc1. The number of amides is 2. The van der Waals surface area contributed by atoms with Crippen molar-refractivity contribution in [3.63, 3.8) is 0 Å². The van der Waals surface area contributed by atoms with Crippen LogP contribution in [0.5, 0.6) is 5.75 Å². The number of benzene rings is 3. The monoisotopic (exact) mass is 518 g/mol. The molecule has 3 aromatic carbocycles. The van der Waals surface area contributed by atoms with Gasteiger partial charge in [-0.25, -0.2) is 4.79 Å². The number of ether oxygens (including phenoxy) is 1. The highest BCUT2D eigenvalue weighted by Gasteiger charge is 2.17. The summed E-state index contributed by atoms with van der Waals surface area (Å²) in [6.07, 6.45) is 0. The summed E-state index contributed by atoms with van der Waals surface area (Å²) in [5, 5.41) is 25.9. The number of carbonyl (C=O) groups excluding carboxylic acids is 1. The Morgan fingerprint density at radius 2 is 1.84 bits per heavy atom. The van der Waals surface area contributed by atoms with Crippen molar-refractivity contribution in [2.24, 2.45) is 0 Å². The lowest BCUT2D eigenvalue weighted by molar-refractivity contribution is -0.384. The smallest absolute Gasteiger partial charge is 0.319 e. The van der Waals surface area contributed by atoms with E-state index in [0.29, 0.717) is 34.7 Å². The highest BCUT2D eigenvalue weighted by Crippen LogP contribution is 2.27. The summed E-state index contributed by atoms with van der Waals surface area (Å²) < 4.78 is 7.21. The Balaban J connectivity index is 1.50. The molecule has 1 heterocycles. The largest absolute Gasteiger partial charge is 0.494 e. The third-order valence-corrected chi connectivity index (χ3v) is 6.30. The van der Waals surface area contributed by atoms with Crippen LogP contribution in [0.4, 0.5) is 16.2 Å². The number of anilines is 1. The first kappa shape index (κ1) is 25.7. The molecule has 37 heavy (non-hydrogen) atoms. The maximum atomic E-state index is 12.5. The van der Waals surface area contributed by atoms with Gasteiger partial charge in [0.15, 0.2) is 11.0 Å². The molecule has 2 amide bonds. The van der Waals surface area contributed by atoms with Gasteiger partial charge in [0, 0.05) is 29.3 Å². The first-order valence-corrected chi connectivity index (χ1v) is 12.6. The van der Waals surface area contributed by atoms with Crippen LogP contribution >= 0.6 is 11.8 Å². The number of thioether (sulfide) groups is 1. The van der Waals surface area contributed by atoms with E-state index in [9.17, 15) is 14.9 Å². The summed E-state index contributed by atoms with van der Waals surface area (Å²) in [7, 11) is 0. The molecule has 2 N–H and O–H groups in total. The maximum Gasteiger partial charge on any atom is 0.319 e. The van der Waals surface area contributed by atoms with Crippen LogP contribution < -0.4 is 15.4 Å². The molecule has 0 atom stereocenters. The van der Waals surface area contributed by atoms with Crippen LogP contribution in [0.25, 0.3) is 5.69 Å². The summed E-state index contributed by atoms with van der Waals surface area (Å²) in [4.78, 5) is 23.2. The minimum absolute atomic E-state index is 0.0137. The highest BCUT2D eigenvalue weighted by atomic mass is 32.2. The third kappa shape index (κ3) is 6.85. The zero-order valence-corrected chi connectivity index (χ0v) is 21.2. The Hall–Kier alpha value is -4.38. The van der Waals surface area contributed by atoms with Crippen LogP contribution in [0.3, 0.4) is 0 Å². The molecule has 1 aromatic heterocycles. The van der Waals surface area contributed by atoms with Crippen molar-refractivity contribution in [2.75, 3.05) is 11.9 Å². The number of hydrogen-bond acceptors (Lipinski definition) is 7. The normalized spacial score (nSPS) is 10.6. The van der Waals surface area contributed by atoms with Gasteiger partial charge in [-0.15, -0.1) is 10.2 Å². The van der Waals surface area contributed by atoms with Crippen LogP contribution in [0, 0.1) is 17.0 Å². The average Bonchev–Trinajstić information content (AvgIpc) is 3.30. The van der Waals surface area contributed by atoms with E-state index in [2.05, 4.69) is 26.9 Å². The van der Waals surface area contributed by atoms with Crippen molar-refractivity contribution in [1.82, 2.24) is 20.1 Å². The molecule has 0 unspecified atom stereocenters. The van der Waals surface area contributed by atoms with E-state index in [1.165, 1.54) is 29.5 Å². The van der Waals surface area contributed by atoms with Crippen molar-refractivity contribution < 1.29 is 14.5 Å². The molecule has 10 nitrogen and oxygen atoms in total. The van der Waals surface area contributed by atoms with Gasteiger partial charge in [0.05, 0.1) is 18.1 Å². The van der Waals surface area contributed by atoms with Gasteiger partial charge in [0.2, 0.25) is 0 Å². The van der Waals surface area contributed by atoms with Crippen molar-refractivity contribution >= 4 is 29.2 Å². The van der Waals surface area contributed by atoms with Gasteiger partial charge >= 0.3 is 6.03 Å². The van der Waals surface area contributed by atoms with E-state index < -0.39 is 11.0 Å². The first-order chi connectivity index (χ1) is 17.9. The predicted molar refractivity (Wildman–Crippen MR) is 142 cm³/mol. The molecule has 0 fully saturated rings. The van der Waals surface area contributed by atoms with E-state index in [1.54, 1.807) is 41.0 Å². The van der Waals surface area contributed by atoms with E-state index >= 15 is 0 Å². The zero-order valence-electron chi connectivity index (χ0n) is 20.4. The molecular weight excluding hydrogens is 492 g/mol. The van der Waals surface area contributed by atoms with Gasteiger partial charge in [-0.2, -0.15) is 0 Å². The molecule has 11 heteroatoms. The van der Waals surface area contributed by atoms with Gasteiger partial charge < -0.3 is 15.4 Å². The van der Waals surface area contributed by atoms with Crippen LogP contribution in [-0.2, 0) is 12.3 Å². The molecule has 0 bridgehead atoms. The Morgan fingerprint density at radius 1 is 1.08 bits per heavy atom.